The first kappa shape index (κ1) is 20.9. The highest BCUT2D eigenvalue weighted by atomic mass is 32.1. The van der Waals surface area contributed by atoms with Crippen molar-refractivity contribution in [3.8, 4) is 17.0 Å². The minimum absolute atomic E-state index is 0.130. The van der Waals surface area contributed by atoms with Crippen LogP contribution < -0.4 is 10.5 Å². The van der Waals surface area contributed by atoms with E-state index in [1.165, 1.54) is 11.3 Å². The van der Waals surface area contributed by atoms with Crippen molar-refractivity contribution in [1.82, 2.24) is 14.8 Å². The van der Waals surface area contributed by atoms with Gasteiger partial charge in [-0.2, -0.15) is 0 Å². The van der Waals surface area contributed by atoms with Crippen LogP contribution in [-0.4, -0.2) is 66.7 Å². The first-order chi connectivity index (χ1) is 15.0. The van der Waals surface area contributed by atoms with Crippen molar-refractivity contribution in [2.24, 2.45) is 0 Å². The Morgan fingerprint density at radius 2 is 1.74 bits per heavy atom. The van der Waals surface area contributed by atoms with Gasteiger partial charge in [-0.15, -0.1) is 11.3 Å². The summed E-state index contributed by atoms with van der Waals surface area (Å²) in [7, 11) is 1.63. The SMILES string of the molecule is CCOC(=O)N1CCN(C(=O)c2sc3nc(-c4ccc(OC)cc4)ccc3c2N)CC1. The van der Waals surface area contributed by atoms with Gasteiger partial charge >= 0.3 is 6.09 Å². The maximum atomic E-state index is 13.1. The summed E-state index contributed by atoms with van der Waals surface area (Å²) < 4.78 is 10.2. The van der Waals surface area contributed by atoms with Gasteiger partial charge in [0.2, 0.25) is 0 Å². The number of carbonyl (C=O) groups excluding carboxylic acids is 2. The fourth-order valence-electron chi connectivity index (χ4n) is 3.53. The lowest BCUT2D eigenvalue weighted by Crippen LogP contribution is -2.50. The van der Waals surface area contributed by atoms with Crippen LogP contribution in [0, 0.1) is 0 Å². The quantitative estimate of drug-likeness (QED) is 0.667. The molecule has 1 aromatic carbocycles. The molecule has 9 heteroatoms. The summed E-state index contributed by atoms with van der Waals surface area (Å²) in [5, 5.41) is 0.774. The molecular weight excluding hydrogens is 416 g/mol. The van der Waals surface area contributed by atoms with E-state index >= 15 is 0 Å². The zero-order valence-corrected chi connectivity index (χ0v) is 18.3. The highest BCUT2D eigenvalue weighted by Gasteiger charge is 2.28. The van der Waals surface area contributed by atoms with Crippen molar-refractivity contribution in [2.45, 2.75) is 6.92 Å². The molecule has 0 bridgehead atoms. The predicted molar refractivity (Wildman–Crippen MR) is 121 cm³/mol. The number of piperazine rings is 1. The molecule has 1 fully saturated rings. The van der Waals surface area contributed by atoms with E-state index in [0.717, 1.165) is 27.2 Å². The Balaban J connectivity index is 1.53. The number of aromatic nitrogens is 1. The average Bonchev–Trinajstić information content (AvgIpc) is 3.14. The summed E-state index contributed by atoms with van der Waals surface area (Å²) in [4.78, 5) is 34.2. The van der Waals surface area contributed by atoms with Gasteiger partial charge in [-0.3, -0.25) is 4.79 Å². The summed E-state index contributed by atoms with van der Waals surface area (Å²) >= 11 is 1.30. The molecule has 0 atom stereocenters. The largest absolute Gasteiger partial charge is 0.497 e. The highest BCUT2D eigenvalue weighted by molar-refractivity contribution is 7.21. The number of hydrogen-bond acceptors (Lipinski definition) is 7. The molecule has 2 aromatic heterocycles. The maximum absolute atomic E-state index is 13.1. The van der Waals surface area contributed by atoms with Gasteiger partial charge in [-0.05, 0) is 43.3 Å². The molecule has 0 radical (unpaired) electrons. The molecular formula is C22H24N4O4S. The van der Waals surface area contributed by atoms with Crippen LogP contribution in [-0.2, 0) is 4.74 Å². The number of rotatable bonds is 4. The second kappa shape index (κ2) is 8.81. The van der Waals surface area contributed by atoms with Crippen molar-refractivity contribution in [2.75, 3.05) is 45.6 Å². The average molecular weight is 441 g/mol. The Hall–Kier alpha value is -3.33. The molecule has 1 aliphatic rings. The van der Waals surface area contributed by atoms with Gasteiger partial charge in [0, 0.05) is 37.1 Å². The number of pyridine rings is 1. The first-order valence-corrected chi connectivity index (χ1v) is 10.9. The number of carbonyl (C=O) groups is 2. The van der Waals surface area contributed by atoms with Gasteiger partial charge < -0.3 is 25.0 Å². The van der Waals surface area contributed by atoms with Crippen LogP contribution in [0.5, 0.6) is 5.75 Å². The molecule has 1 saturated heterocycles. The summed E-state index contributed by atoms with van der Waals surface area (Å²) in [5.41, 5.74) is 8.52. The number of benzene rings is 1. The summed E-state index contributed by atoms with van der Waals surface area (Å²) in [6.45, 7) is 3.87. The molecule has 2 amide bonds. The van der Waals surface area contributed by atoms with Crippen LogP contribution in [0.4, 0.5) is 10.5 Å². The van der Waals surface area contributed by atoms with Gasteiger partial charge in [0.15, 0.2) is 0 Å². The summed E-state index contributed by atoms with van der Waals surface area (Å²) in [6, 6.07) is 11.5. The fourth-order valence-corrected chi connectivity index (χ4v) is 4.59. The van der Waals surface area contributed by atoms with E-state index in [1.807, 2.05) is 36.4 Å². The minimum atomic E-state index is -0.341. The zero-order valence-electron chi connectivity index (χ0n) is 17.5. The number of nitrogen functional groups attached to an aromatic ring is 1. The van der Waals surface area contributed by atoms with Gasteiger partial charge in [0.1, 0.15) is 15.5 Å². The predicted octanol–water partition coefficient (Wildman–Crippen LogP) is 3.47. The third kappa shape index (κ3) is 4.13. The molecule has 3 heterocycles. The van der Waals surface area contributed by atoms with Crippen LogP contribution in [0.15, 0.2) is 36.4 Å². The number of fused-ring (bicyclic) bond motifs is 1. The number of thiophene rings is 1. The topological polar surface area (TPSA) is 98.0 Å². The molecule has 3 aromatic rings. The molecule has 4 rings (SSSR count). The monoisotopic (exact) mass is 440 g/mol. The van der Waals surface area contributed by atoms with E-state index in [4.69, 9.17) is 20.2 Å². The maximum Gasteiger partial charge on any atom is 0.409 e. The second-order valence-electron chi connectivity index (χ2n) is 7.10. The van der Waals surface area contributed by atoms with Crippen LogP contribution in [0.25, 0.3) is 21.5 Å². The van der Waals surface area contributed by atoms with Crippen molar-refractivity contribution in [1.29, 1.82) is 0 Å². The van der Waals surface area contributed by atoms with Crippen molar-refractivity contribution in [3.63, 3.8) is 0 Å². The molecule has 2 N–H and O–H groups in total. The molecule has 0 unspecified atom stereocenters. The Morgan fingerprint density at radius 3 is 2.39 bits per heavy atom. The molecule has 0 spiro atoms. The lowest BCUT2D eigenvalue weighted by atomic mass is 10.1. The highest BCUT2D eigenvalue weighted by Crippen LogP contribution is 2.35. The van der Waals surface area contributed by atoms with Crippen LogP contribution in [0.1, 0.15) is 16.6 Å². The Morgan fingerprint density at radius 1 is 1.06 bits per heavy atom. The van der Waals surface area contributed by atoms with E-state index in [2.05, 4.69) is 0 Å². The van der Waals surface area contributed by atoms with E-state index in [0.29, 0.717) is 43.4 Å². The third-order valence-electron chi connectivity index (χ3n) is 5.27. The molecule has 8 nitrogen and oxygen atoms in total. The normalized spacial score (nSPS) is 14.0. The number of anilines is 1. The van der Waals surface area contributed by atoms with Crippen molar-refractivity contribution >= 4 is 39.2 Å². The Bertz CT molecular complexity index is 1100. The third-order valence-corrected chi connectivity index (χ3v) is 6.37. The number of hydrogen-bond donors (Lipinski definition) is 1. The number of nitrogens with zero attached hydrogens (tertiary/aromatic N) is 3. The van der Waals surface area contributed by atoms with E-state index in [9.17, 15) is 9.59 Å². The molecule has 0 aliphatic carbocycles. The van der Waals surface area contributed by atoms with Gasteiger partial charge in [0.05, 0.1) is 25.1 Å². The summed E-state index contributed by atoms with van der Waals surface area (Å²) in [5.74, 6) is 0.649. The van der Waals surface area contributed by atoms with Gasteiger partial charge in [0.25, 0.3) is 5.91 Å². The van der Waals surface area contributed by atoms with Gasteiger partial charge in [-0.1, -0.05) is 0 Å². The zero-order chi connectivity index (χ0) is 22.0. The molecule has 162 valence electrons. The van der Waals surface area contributed by atoms with Crippen molar-refractivity contribution < 1.29 is 19.1 Å². The number of methoxy groups -OCH3 is 1. The minimum Gasteiger partial charge on any atom is -0.497 e. The number of amides is 2. The van der Waals surface area contributed by atoms with Gasteiger partial charge in [-0.25, -0.2) is 9.78 Å². The van der Waals surface area contributed by atoms with Crippen molar-refractivity contribution in [3.05, 3.63) is 41.3 Å². The fraction of sp³-hybridized carbons (Fsp3) is 0.318. The summed E-state index contributed by atoms with van der Waals surface area (Å²) in [6.07, 6.45) is -0.341. The Kier molecular flexibility index (Phi) is 5.94. The Labute approximate surface area is 184 Å². The lowest BCUT2D eigenvalue weighted by molar-refractivity contribution is 0.0575. The van der Waals surface area contributed by atoms with Crippen LogP contribution in [0.3, 0.4) is 0 Å². The molecule has 1 aliphatic heterocycles. The first-order valence-electron chi connectivity index (χ1n) is 10.1. The van der Waals surface area contributed by atoms with E-state index in [1.54, 1.807) is 23.8 Å². The smallest absolute Gasteiger partial charge is 0.409 e. The van der Waals surface area contributed by atoms with Crippen LogP contribution in [0.2, 0.25) is 0 Å². The number of nitrogens with two attached hydrogens (primary N) is 1. The van der Waals surface area contributed by atoms with Crippen LogP contribution >= 0.6 is 11.3 Å². The van der Waals surface area contributed by atoms with E-state index in [-0.39, 0.29) is 12.0 Å². The van der Waals surface area contributed by atoms with E-state index < -0.39 is 0 Å². The molecule has 0 saturated carbocycles. The second-order valence-corrected chi connectivity index (χ2v) is 8.10. The molecule has 31 heavy (non-hydrogen) atoms. The number of ether oxygens (including phenoxy) is 2. The standard InChI is InChI=1S/C22H24N4O4S/c1-3-30-22(28)26-12-10-25(11-13-26)21(27)19-18(23)16-8-9-17(24-20(16)31-19)14-4-6-15(29-2)7-5-14/h4-9H,3,10-13,23H2,1-2H3. The lowest BCUT2D eigenvalue weighted by Gasteiger charge is -2.33.